The van der Waals surface area contributed by atoms with Crippen LogP contribution in [0.4, 0.5) is 11.4 Å². The average molecular weight is 282 g/mol. The van der Waals surface area contributed by atoms with Gasteiger partial charge in [0.2, 0.25) is 0 Å². The molecule has 0 fully saturated rings. The van der Waals surface area contributed by atoms with Gasteiger partial charge in [-0.15, -0.1) is 0 Å². The van der Waals surface area contributed by atoms with Crippen LogP contribution in [0.5, 0.6) is 0 Å². The maximum Gasteiger partial charge on any atom is 0.138 e. The molecule has 0 heterocycles. The molecule has 0 aliphatic rings. The fourth-order valence-electron chi connectivity index (χ4n) is 3.53. The summed E-state index contributed by atoms with van der Waals surface area (Å²) >= 11 is 0. The van der Waals surface area contributed by atoms with Crippen molar-refractivity contribution in [2.45, 2.75) is 52.6 Å². The summed E-state index contributed by atoms with van der Waals surface area (Å²) < 4.78 is 0.939. The molecule has 2 aromatic carbocycles. The maximum atomic E-state index is 2.38. The Hall–Kier alpha value is -1.60. The maximum absolute atomic E-state index is 2.38. The normalized spacial score (nSPS) is 14.7. The van der Waals surface area contributed by atoms with E-state index in [4.69, 9.17) is 0 Å². The topological polar surface area (TPSA) is 0 Å². The Morgan fingerprint density at radius 1 is 0.667 bits per heavy atom. The van der Waals surface area contributed by atoms with Crippen molar-refractivity contribution in [3.8, 4) is 0 Å². The highest BCUT2D eigenvalue weighted by Gasteiger charge is 2.42. The van der Waals surface area contributed by atoms with Gasteiger partial charge < -0.3 is 0 Å². The van der Waals surface area contributed by atoms with Crippen LogP contribution >= 0.6 is 0 Å². The van der Waals surface area contributed by atoms with Crippen molar-refractivity contribution in [2.75, 3.05) is 0 Å². The molecule has 0 radical (unpaired) electrons. The van der Waals surface area contributed by atoms with Crippen LogP contribution in [-0.4, -0.2) is 12.1 Å². The van der Waals surface area contributed by atoms with Gasteiger partial charge in [0.25, 0.3) is 0 Å². The molecule has 0 aliphatic carbocycles. The highest BCUT2D eigenvalue weighted by Crippen LogP contribution is 2.41. The molecule has 2 atom stereocenters. The number of benzene rings is 2. The molecule has 0 bridgehead atoms. The number of hydrogen-bond donors (Lipinski definition) is 0. The first-order valence-corrected chi connectivity index (χ1v) is 8.17. The highest BCUT2D eigenvalue weighted by atomic mass is 15.4. The van der Waals surface area contributed by atoms with E-state index in [0.717, 1.165) is 17.3 Å². The lowest BCUT2D eigenvalue weighted by molar-refractivity contribution is 0.228. The smallest absolute Gasteiger partial charge is 0.138 e. The molecular formula is C20H28N+. The molecule has 2 unspecified atom stereocenters. The number of nitrogens with zero attached hydrogens (tertiary/aromatic N) is 1. The van der Waals surface area contributed by atoms with Gasteiger partial charge in [-0.25, -0.2) is 0 Å². The van der Waals surface area contributed by atoms with E-state index in [1.807, 2.05) is 0 Å². The minimum absolute atomic E-state index is 0.546. The standard InChI is InChI=1S/C20H28N/c1-5-17(3)21(18(4)6-2,19-13-9-7-10-14-19)20-15-11-8-12-16-20/h7-18H,5-6H2,1-4H3/q+1. The molecule has 0 aromatic heterocycles. The average Bonchev–Trinajstić information content (AvgIpc) is 2.57. The van der Waals surface area contributed by atoms with E-state index < -0.39 is 0 Å². The van der Waals surface area contributed by atoms with Crippen LogP contribution < -0.4 is 4.48 Å². The summed E-state index contributed by atoms with van der Waals surface area (Å²) in [5, 5.41) is 0. The Bertz CT molecular complexity index is 481. The van der Waals surface area contributed by atoms with Crippen LogP contribution in [0.15, 0.2) is 60.7 Å². The minimum Gasteiger partial charge on any atom is -0.254 e. The van der Waals surface area contributed by atoms with E-state index in [2.05, 4.69) is 88.4 Å². The van der Waals surface area contributed by atoms with Gasteiger partial charge in [-0.3, -0.25) is 4.48 Å². The van der Waals surface area contributed by atoms with Crippen molar-refractivity contribution in [3.05, 3.63) is 60.7 Å². The Morgan fingerprint density at radius 3 is 1.29 bits per heavy atom. The largest absolute Gasteiger partial charge is 0.254 e. The lowest BCUT2D eigenvalue weighted by Gasteiger charge is -2.47. The van der Waals surface area contributed by atoms with Crippen LogP contribution in [0.25, 0.3) is 0 Å². The first-order chi connectivity index (χ1) is 10.2. The van der Waals surface area contributed by atoms with Crippen LogP contribution in [0, 0.1) is 0 Å². The summed E-state index contributed by atoms with van der Waals surface area (Å²) in [6.45, 7) is 9.36. The number of rotatable bonds is 6. The second-order valence-corrected chi connectivity index (χ2v) is 5.96. The third-order valence-corrected chi connectivity index (χ3v) is 4.94. The molecule has 112 valence electrons. The molecule has 0 saturated carbocycles. The third-order valence-electron chi connectivity index (χ3n) is 4.94. The number of para-hydroxylation sites is 2. The zero-order valence-corrected chi connectivity index (χ0v) is 13.8. The molecule has 1 nitrogen and oxygen atoms in total. The highest BCUT2D eigenvalue weighted by molar-refractivity contribution is 5.60. The van der Waals surface area contributed by atoms with Crippen molar-refractivity contribution in [2.24, 2.45) is 0 Å². The Morgan fingerprint density at radius 2 is 1.00 bits per heavy atom. The van der Waals surface area contributed by atoms with Crippen LogP contribution in [0.3, 0.4) is 0 Å². The van der Waals surface area contributed by atoms with E-state index in [-0.39, 0.29) is 0 Å². The summed E-state index contributed by atoms with van der Waals surface area (Å²) in [5.41, 5.74) is 2.79. The molecule has 0 amide bonds. The van der Waals surface area contributed by atoms with Gasteiger partial charge in [0.1, 0.15) is 11.4 Å². The molecule has 21 heavy (non-hydrogen) atoms. The van der Waals surface area contributed by atoms with E-state index in [1.54, 1.807) is 0 Å². The van der Waals surface area contributed by atoms with Gasteiger partial charge in [0, 0.05) is 0 Å². The predicted octanol–water partition coefficient (Wildman–Crippen LogP) is 5.92. The van der Waals surface area contributed by atoms with Crippen LogP contribution in [0.1, 0.15) is 40.5 Å². The molecule has 1 heteroatoms. The van der Waals surface area contributed by atoms with Crippen molar-refractivity contribution in [3.63, 3.8) is 0 Å². The summed E-state index contributed by atoms with van der Waals surface area (Å²) in [6.07, 6.45) is 2.32. The second kappa shape index (κ2) is 6.91. The number of hydrogen-bond acceptors (Lipinski definition) is 0. The fourth-order valence-corrected chi connectivity index (χ4v) is 3.53. The second-order valence-electron chi connectivity index (χ2n) is 5.96. The molecular weight excluding hydrogens is 254 g/mol. The van der Waals surface area contributed by atoms with E-state index in [9.17, 15) is 0 Å². The summed E-state index contributed by atoms with van der Waals surface area (Å²) in [7, 11) is 0. The van der Waals surface area contributed by atoms with Crippen molar-refractivity contribution >= 4 is 11.4 Å². The van der Waals surface area contributed by atoms with Crippen molar-refractivity contribution < 1.29 is 0 Å². The summed E-state index contributed by atoms with van der Waals surface area (Å²) in [5.74, 6) is 0. The molecule has 2 rings (SSSR count). The molecule has 0 spiro atoms. The SMILES string of the molecule is CCC(C)[N+](c1ccccc1)(c1ccccc1)C(C)CC. The molecule has 0 saturated heterocycles. The molecule has 2 aromatic rings. The lowest BCUT2D eigenvalue weighted by atomic mass is 9.99. The van der Waals surface area contributed by atoms with E-state index in [1.165, 1.54) is 11.4 Å². The Kier molecular flexibility index (Phi) is 5.19. The van der Waals surface area contributed by atoms with E-state index in [0.29, 0.717) is 12.1 Å². The first-order valence-electron chi connectivity index (χ1n) is 8.17. The summed E-state index contributed by atoms with van der Waals surface area (Å²) in [4.78, 5) is 0. The van der Waals surface area contributed by atoms with E-state index >= 15 is 0 Å². The predicted molar refractivity (Wildman–Crippen MR) is 93.8 cm³/mol. The Labute approximate surface area is 129 Å². The monoisotopic (exact) mass is 282 g/mol. The zero-order valence-electron chi connectivity index (χ0n) is 13.8. The van der Waals surface area contributed by atoms with Gasteiger partial charge in [-0.2, -0.15) is 0 Å². The quantitative estimate of drug-likeness (QED) is 0.577. The van der Waals surface area contributed by atoms with Crippen LogP contribution in [-0.2, 0) is 0 Å². The number of quaternary nitrogens is 1. The van der Waals surface area contributed by atoms with Crippen LogP contribution in [0.2, 0.25) is 0 Å². The van der Waals surface area contributed by atoms with Gasteiger partial charge in [0.05, 0.1) is 12.1 Å². The lowest BCUT2D eigenvalue weighted by Crippen LogP contribution is -2.56. The van der Waals surface area contributed by atoms with Gasteiger partial charge in [-0.05, 0) is 51.0 Å². The summed E-state index contributed by atoms with van der Waals surface area (Å²) in [6, 6.07) is 23.1. The van der Waals surface area contributed by atoms with Gasteiger partial charge in [-0.1, -0.05) is 50.2 Å². The molecule has 0 aliphatic heterocycles. The Balaban J connectivity index is 2.72. The van der Waals surface area contributed by atoms with Gasteiger partial charge in [0.15, 0.2) is 0 Å². The van der Waals surface area contributed by atoms with Crippen molar-refractivity contribution in [1.82, 2.24) is 4.48 Å². The zero-order chi connectivity index (χ0) is 15.3. The minimum atomic E-state index is 0.546. The first kappa shape index (κ1) is 15.8. The fraction of sp³-hybridized carbons (Fsp3) is 0.400. The van der Waals surface area contributed by atoms with Crippen molar-refractivity contribution in [1.29, 1.82) is 0 Å². The van der Waals surface area contributed by atoms with Gasteiger partial charge >= 0.3 is 0 Å². The molecule has 0 N–H and O–H groups in total. The third kappa shape index (κ3) is 2.75.